The Bertz CT molecular complexity index is 581. The van der Waals surface area contributed by atoms with Crippen LogP contribution in [0, 0.1) is 0 Å². The molecule has 1 aromatic heterocycles. The quantitative estimate of drug-likeness (QED) is 0.829. The minimum atomic E-state index is -0.264. The van der Waals surface area contributed by atoms with Crippen molar-refractivity contribution in [3.63, 3.8) is 0 Å². The lowest BCUT2D eigenvalue weighted by Crippen LogP contribution is -1.97. The number of hydrogen-bond acceptors (Lipinski definition) is 3. The van der Waals surface area contributed by atoms with Crippen LogP contribution in [0.25, 0.3) is 11.1 Å². The third-order valence-electron chi connectivity index (χ3n) is 2.36. The van der Waals surface area contributed by atoms with Crippen LogP contribution in [0.4, 0.5) is 0 Å². The third-order valence-corrected chi connectivity index (χ3v) is 2.59. The summed E-state index contributed by atoms with van der Waals surface area (Å²) in [5.74, 6) is -0.380. The molecule has 1 N–H and O–H groups in total. The molecule has 2 rings (SSSR count). The van der Waals surface area contributed by atoms with E-state index in [2.05, 4.69) is 4.98 Å². The van der Waals surface area contributed by atoms with Crippen molar-refractivity contribution in [2.24, 2.45) is 0 Å². The van der Waals surface area contributed by atoms with Crippen molar-refractivity contribution in [1.82, 2.24) is 4.98 Å². The van der Waals surface area contributed by atoms with Gasteiger partial charge >= 0.3 is 0 Å². The largest absolute Gasteiger partial charge is 0.506 e. The standard InChI is InChI=1S/C13H10ClNO2/c1-8(16)13-12(17)6-10(7-15-13)9-3-2-4-11(14)5-9/h2-7,17H,1H3. The van der Waals surface area contributed by atoms with E-state index in [0.717, 1.165) is 11.1 Å². The zero-order valence-electron chi connectivity index (χ0n) is 9.14. The molecule has 2 aromatic rings. The Kier molecular flexibility index (Phi) is 3.11. The van der Waals surface area contributed by atoms with Gasteiger partial charge < -0.3 is 5.11 Å². The van der Waals surface area contributed by atoms with E-state index in [1.54, 1.807) is 18.3 Å². The average Bonchev–Trinajstić information content (AvgIpc) is 2.28. The lowest BCUT2D eigenvalue weighted by molar-refractivity contribution is 0.101. The molecular weight excluding hydrogens is 238 g/mol. The predicted octanol–water partition coefficient (Wildman–Crippen LogP) is 3.31. The minimum Gasteiger partial charge on any atom is -0.506 e. The van der Waals surface area contributed by atoms with Crippen molar-refractivity contribution in [3.8, 4) is 16.9 Å². The second kappa shape index (κ2) is 4.55. The first-order valence-corrected chi connectivity index (χ1v) is 5.41. The number of pyridine rings is 1. The molecule has 0 bridgehead atoms. The summed E-state index contributed by atoms with van der Waals surface area (Å²) < 4.78 is 0. The molecule has 0 aliphatic carbocycles. The number of halogens is 1. The number of ketones is 1. The van der Waals surface area contributed by atoms with Gasteiger partial charge in [-0.15, -0.1) is 0 Å². The molecule has 3 nitrogen and oxygen atoms in total. The second-order valence-corrected chi connectivity index (χ2v) is 4.09. The molecule has 0 aliphatic heterocycles. The van der Waals surface area contributed by atoms with Crippen LogP contribution in [0.15, 0.2) is 36.5 Å². The Morgan fingerprint density at radius 2 is 2.06 bits per heavy atom. The molecule has 0 atom stereocenters. The fourth-order valence-electron chi connectivity index (χ4n) is 1.55. The summed E-state index contributed by atoms with van der Waals surface area (Å²) >= 11 is 5.88. The van der Waals surface area contributed by atoms with E-state index >= 15 is 0 Å². The summed E-state index contributed by atoms with van der Waals surface area (Å²) in [7, 11) is 0. The summed E-state index contributed by atoms with van der Waals surface area (Å²) in [5.41, 5.74) is 1.64. The van der Waals surface area contributed by atoms with Crippen LogP contribution in [0.2, 0.25) is 5.02 Å². The van der Waals surface area contributed by atoms with Crippen LogP contribution in [0.1, 0.15) is 17.4 Å². The van der Waals surface area contributed by atoms with Crippen LogP contribution in [-0.2, 0) is 0 Å². The number of nitrogens with zero attached hydrogens (tertiary/aromatic N) is 1. The fraction of sp³-hybridized carbons (Fsp3) is 0.0769. The van der Waals surface area contributed by atoms with Gasteiger partial charge in [-0.25, -0.2) is 4.98 Å². The number of carbonyl (C=O) groups excluding carboxylic acids is 1. The SMILES string of the molecule is CC(=O)c1ncc(-c2cccc(Cl)c2)cc1O. The maximum absolute atomic E-state index is 11.1. The van der Waals surface area contributed by atoms with Crippen LogP contribution >= 0.6 is 11.6 Å². The molecule has 0 unspecified atom stereocenters. The molecule has 86 valence electrons. The van der Waals surface area contributed by atoms with Crippen molar-refractivity contribution in [1.29, 1.82) is 0 Å². The van der Waals surface area contributed by atoms with E-state index in [-0.39, 0.29) is 17.2 Å². The Morgan fingerprint density at radius 3 is 2.65 bits per heavy atom. The highest BCUT2D eigenvalue weighted by Gasteiger charge is 2.09. The maximum Gasteiger partial charge on any atom is 0.181 e. The first-order chi connectivity index (χ1) is 8.08. The molecule has 0 saturated carbocycles. The van der Waals surface area contributed by atoms with E-state index in [1.165, 1.54) is 13.0 Å². The zero-order chi connectivity index (χ0) is 12.4. The molecule has 1 aromatic carbocycles. The van der Waals surface area contributed by atoms with E-state index in [9.17, 15) is 9.90 Å². The molecule has 1 heterocycles. The summed E-state index contributed by atoms with van der Waals surface area (Å²) in [6, 6.07) is 8.71. The van der Waals surface area contributed by atoms with Crippen molar-refractivity contribution < 1.29 is 9.90 Å². The molecular formula is C13H10ClNO2. The molecule has 0 saturated heterocycles. The molecule has 0 aliphatic rings. The highest BCUT2D eigenvalue weighted by atomic mass is 35.5. The number of benzene rings is 1. The van der Waals surface area contributed by atoms with Crippen molar-refractivity contribution in [2.45, 2.75) is 6.92 Å². The van der Waals surface area contributed by atoms with Crippen LogP contribution in [0.3, 0.4) is 0 Å². The summed E-state index contributed by atoms with van der Waals surface area (Å²) in [6.07, 6.45) is 1.54. The highest BCUT2D eigenvalue weighted by molar-refractivity contribution is 6.30. The van der Waals surface area contributed by atoms with Gasteiger partial charge in [0.25, 0.3) is 0 Å². The van der Waals surface area contributed by atoms with Crippen molar-refractivity contribution in [3.05, 3.63) is 47.2 Å². The lowest BCUT2D eigenvalue weighted by Gasteiger charge is -2.04. The number of carbonyl (C=O) groups is 1. The van der Waals surface area contributed by atoms with Crippen molar-refractivity contribution in [2.75, 3.05) is 0 Å². The van der Waals surface area contributed by atoms with Crippen LogP contribution in [0.5, 0.6) is 5.75 Å². The van der Waals surface area contributed by atoms with E-state index in [0.29, 0.717) is 5.02 Å². The summed E-state index contributed by atoms with van der Waals surface area (Å²) in [4.78, 5) is 15.1. The molecule has 0 amide bonds. The van der Waals surface area contributed by atoms with Crippen LogP contribution in [-0.4, -0.2) is 15.9 Å². The van der Waals surface area contributed by atoms with Gasteiger partial charge in [-0.2, -0.15) is 0 Å². The second-order valence-electron chi connectivity index (χ2n) is 3.66. The fourth-order valence-corrected chi connectivity index (χ4v) is 1.74. The molecule has 0 radical (unpaired) electrons. The van der Waals surface area contributed by atoms with Crippen molar-refractivity contribution >= 4 is 17.4 Å². The van der Waals surface area contributed by atoms with Gasteiger partial charge in [0, 0.05) is 23.7 Å². The van der Waals surface area contributed by atoms with Gasteiger partial charge in [0.2, 0.25) is 0 Å². The van der Waals surface area contributed by atoms with Gasteiger partial charge in [0.15, 0.2) is 5.78 Å². The normalized spacial score (nSPS) is 10.2. The van der Waals surface area contributed by atoms with Gasteiger partial charge in [0.05, 0.1) is 0 Å². The molecule has 0 fully saturated rings. The minimum absolute atomic E-state index is 0.0794. The molecule has 17 heavy (non-hydrogen) atoms. The number of hydrogen-bond donors (Lipinski definition) is 1. The first-order valence-electron chi connectivity index (χ1n) is 5.04. The number of aromatic hydroxyl groups is 1. The topological polar surface area (TPSA) is 50.2 Å². The Hall–Kier alpha value is -1.87. The Morgan fingerprint density at radius 1 is 1.29 bits per heavy atom. The summed E-state index contributed by atoms with van der Waals surface area (Å²) in [5, 5.41) is 10.3. The number of Topliss-reactive ketones (excluding diaryl/α,β-unsaturated/α-hetero) is 1. The Labute approximate surface area is 104 Å². The molecule has 0 spiro atoms. The van der Waals surface area contributed by atoms with Gasteiger partial charge in [-0.05, 0) is 23.8 Å². The molecule has 4 heteroatoms. The first kappa shape index (κ1) is 11.6. The monoisotopic (exact) mass is 247 g/mol. The third kappa shape index (κ3) is 2.45. The summed E-state index contributed by atoms with van der Waals surface area (Å²) in [6.45, 7) is 1.36. The van der Waals surface area contributed by atoms with Gasteiger partial charge in [0.1, 0.15) is 11.4 Å². The zero-order valence-corrected chi connectivity index (χ0v) is 9.90. The number of rotatable bonds is 2. The predicted molar refractivity (Wildman–Crippen MR) is 66.4 cm³/mol. The van der Waals surface area contributed by atoms with E-state index in [4.69, 9.17) is 11.6 Å². The van der Waals surface area contributed by atoms with Gasteiger partial charge in [-0.1, -0.05) is 23.7 Å². The highest BCUT2D eigenvalue weighted by Crippen LogP contribution is 2.26. The lowest BCUT2D eigenvalue weighted by atomic mass is 10.1. The van der Waals surface area contributed by atoms with Crippen LogP contribution < -0.4 is 0 Å². The smallest absolute Gasteiger partial charge is 0.181 e. The Balaban J connectivity index is 2.48. The van der Waals surface area contributed by atoms with E-state index < -0.39 is 0 Å². The van der Waals surface area contributed by atoms with E-state index in [1.807, 2.05) is 12.1 Å². The number of aromatic nitrogens is 1. The van der Waals surface area contributed by atoms with Gasteiger partial charge in [-0.3, -0.25) is 4.79 Å². The average molecular weight is 248 g/mol. The maximum atomic E-state index is 11.1.